The van der Waals surface area contributed by atoms with Crippen LogP contribution in [0.2, 0.25) is 0 Å². The molecule has 2 heterocycles. The highest BCUT2D eigenvalue weighted by molar-refractivity contribution is 5.73. The Balaban J connectivity index is 1.90. The second-order valence-corrected chi connectivity index (χ2v) is 4.42. The smallest absolute Gasteiger partial charge is 0.320 e. The lowest BCUT2D eigenvalue weighted by atomic mass is 9.73. The van der Waals surface area contributed by atoms with Crippen molar-refractivity contribution < 1.29 is 14.6 Å². The van der Waals surface area contributed by atoms with Crippen molar-refractivity contribution in [1.29, 1.82) is 0 Å². The third kappa shape index (κ3) is 1.91. The first-order chi connectivity index (χ1) is 6.72. The molecule has 2 fully saturated rings. The Labute approximate surface area is 83.6 Å². The average Bonchev–Trinajstić information content (AvgIpc) is 2.19. The van der Waals surface area contributed by atoms with E-state index in [2.05, 4.69) is 5.32 Å². The van der Waals surface area contributed by atoms with Gasteiger partial charge >= 0.3 is 5.97 Å². The number of piperidine rings is 1. The van der Waals surface area contributed by atoms with Crippen LogP contribution < -0.4 is 5.32 Å². The van der Waals surface area contributed by atoms with E-state index < -0.39 is 5.97 Å². The molecule has 2 N–H and O–H groups in total. The van der Waals surface area contributed by atoms with Crippen molar-refractivity contribution >= 4 is 5.97 Å². The molecule has 4 nitrogen and oxygen atoms in total. The van der Waals surface area contributed by atoms with Crippen molar-refractivity contribution in [3.8, 4) is 0 Å². The average molecular weight is 199 g/mol. The van der Waals surface area contributed by atoms with Gasteiger partial charge in [0.2, 0.25) is 0 Å². The van der Waals surface area contributed by atoms with Gasteiger partial charge in [0.1, 0.15) is 6.04 Å². The first-order valence-electron chi connectivity index (χ1n) is 5.26. The summed E-state index contributed by atoms with van der Waals surface area (Å²) in [5, 5.41) is 12.0. The second-order valence-electron chi connectivity index (χ2n) is 4.42. The van der Waals surface area contributed by atoms with E-state index in [0.29, 0.717) is 5.41 Å². The van der Waals surface area contributed by atoms with Crippen molar-refractivity contribution in [3.05, 3.63) is 0 Å². The third-order valence-electron chi connectivity index (χ3n) is 3.54. The van der Waals surface area contributed by atoms with Gasteiger partial charge in [-0.15, -0.1) is 0 Å². The molecule has 4 heteroatoms. The number of aliphatic carboxylic acids is 1. The van der Waals surface area contributed by atoms with Crippen molar-refractivity contribution in [2.45, 2.75) is 31.7 Å². The van der Waals surface area contributed by atoms with E-state index in [-0.39, 0.29) is 6.04 Å². The summed E-state index contributed by atoms with van der Waals surface area (Å²) in [7, 11) is 0. The minimum absolute atomic E-state index is 0.324. The number of carboxylic acid groups (broad SMARTS) is 1. The molecule has 0 aromatic carbocycles. The molecule has 0 aromatic rings. The fraction of sp³-hybridized carbons (Fsp3) is 0.900. The van der Waals surface area contributed by atoms with Gasteiger partial charge in [-0.05, 0) is 31.1 Å². The molecule has 1 unspecified atom stereocenters. The largest absolute Gasteiger partial charge is 0.480 e. The van der Waals surface area contributed by atoms with Gasteiger partial charge < -0.3 is 15.2 Å². The van der Waals surface area contributed by atoms with Gasteiger partial charge in [-0.3, -0.25) is 4.79 Å². The lowest BCUT2D eigenvalue weighted by Gasteiger charge is -2.42. The molecule has 0 aliphatic carbocycles. The van der Waals surface area contributed by atoms with Crippen LogP contribution in [0.4, 0.5) is 0 Å². The topological polar surface area (TPSA) is 58.6 Å². The number of hydrogen-bond acceptors (Lipinski definition) is 3. The monoisotopic (exact) mass is 199 g/mol. The van der Waals surface area contributed by atoms with Gasteiger partial charge in [-0.2, -0.15) is 0 Å². The van der Waals surface area contributed by atoms with Crippen LogP contribution in [-0.4, -0.2) is 36.9 Å². The van der Waals surface area contributed by atoms with Crippen LogP contribution in [0.25, 0.3) is 0 Å². The van der Waals surface area contributed by atoms with Crippen molar-refractivity contribution in [2.75, 3.05) is 19.8 Å². The summed E-state index contributed by atoms with van der Waals surface area (Å²) < 4.78 is 5.33. The molecular weight excluding hydrogens is 182 g/mol. The van der Waals surface area contributed by atoms with Gasteiger partial charge in [-0.1, -0.05) is 0 Å². The van der Waals surface area contributed by atoms with Crippen LogP contribution >= 0.6 is 0 Å². The van der Waals surface area contributed by atoms with E-state index >= 15 is 0 Å². The Hall–Kier alpha value is -0.610. The zero-order valence-electron chi connectivity index (χ0n) is 8.29. The lowest BCUT2D eigenvalue weighted by Crippen LogP contribution is -2.50. The van der Waals surface area contributed by atoms with E-state index in [1.165, 1.54) is 0 Å². The van der Waals surface area contributed by atoms with Crippen molar-refractivity contribution in [1.82, 2.24) is 5.32 Å². The van der Waals surface area contributed by atoms with E-state index in [1.807, 2.05) is 0 Å². The Morgan fingerprint density at radius 2 is 2.07 bits per heavy atom. The molecule has 1 atom stereocenters. The molecule has 0 bridgehead atoms. The minimum atomic E-state index is -0.716. The molecular formula is C10H17NO3. The predicted octanol–water partition coefficient (Wildman–Crippen LogP) is 0.620. The molecule has 1 spiro atoms. The first kappa shape index (κ1) is 9.93. The normalized spacial score (nSPS) is 31.6. The van der Waals surface area contributed by atoms with Crippen LogP contribution in [0, 0.1) is 5.41 Å². The Bertz CT molecular complexity index is 213. The van der Waals surface area contributed by atoms with E-state index in [9.17, 15) is 4.79 Å². The zero-order chi connectivity index (χ0) is 10.0. The molecule has 2 rings (SSSR count). The quantitative estimate of drug-likeness (QED) is 0.650. The predicted molar refractivity (Wildman–Crippen MR) is 51.1 cm³/mol. The molecule has 0 aromatic heterocycles. The summed E-state index contributed by atoms with van der Waals surface area (Å²) in [4.78, 5) is 10.7. The number of hydrogen-bond donors (Lipinski definition) is 2. The molecule has 0 saturated carbocycles. The maximum Gasteiger partial charge on any atom is 0.320 e. The highest BCUT2D eigenvalue weighted by Crippen LogP contribution is 2.37. The number of ether oxygens (including phenoxy) is 1. The summed E-state index contributed by atoms with van der Waals surface area (Å²) in [6, 6.07) is -0.330. The Morgan fingerprint density at radius 3 is 2.57 bits per heavy atom. The molecule has 14 heavy (non-hydrogen) atoms. The number of carbonyl (C=O) groups is 1. The summed E-state index contributed by atoms with van der Waals surface area (Å²) in [6.45, 7) is 2.51. The Morgan fingerprint density at radius 1 is 1.36 bits per heavy atom. The molecule has 2 aliphatic rings. The van der Waals surface area contributed by atoms with Crippen LogP contribution in [0.1, 0.15) is 25.7 Å². The van der Waals surface area contributed by atoms with E-state index in [1.54, 1.807) is 0 Å². The van der Waals surface area contributed by atoms with Gasteiger partial charge in [0.25, 0.3) is 0 Å². The molecule has 0 radical (unpaired) electrons. The summed E-state index contributed by atoms with van der Waals surface area (Å²) in [6.07, 6.45) is 3.94. The van der Waals surface area contributed by atoms with Crippen molar-refractivity contribution in [2.24, 2.45) is 5.41 Å². The van der Waals surface area contributed by atoms with Crippen LogP contribution in [-0.2, 0) is 9.53 Å². The second kappa shape index (κ2) is 3.87. The highest BCUT2D eigenvalue weighted by Gasteiger charge is 2.38. The molecule has 2 saturated heterocycles. The van der Waals surface area contributed by atoms with Gasteiger partial charge in [0.15, 0.2) is 0 Å². The van der Waals surface area contributed by atoms with E-state index in [0.717, 1.165) is 45.4 Å². The molecule has 0 amide bonds. The summed E-state index contributed by atoms with van der Waals surface area (Å²) in [5.74, 6) is -0.716. The van der Waals surface area contributed by atoms with Crippen LogP contribution in [0.15, 0.2) is 0 Å². The van der Waals surface area contributed by atoms with Gasteiger partial charge in [0.05, 0.1) is 0 Å². The number of carboxylic acids is 1. The van der Waals surface area contributed by atoms with Gasteiger partial charge in [0, 0.05) is 19.8 Å². The standard InChI is InChI=1S/C10H17NO3/c12-9(13)8-1-2-10(7-11-8)3-5-14-6-4-10/h8,11H,1-7H2,(H,12,13). The molecule has 80 valence electrons. The lowest BCUT2D eigenvalue weighted by molar-refractivity contribution is -0.141. The summed E-state index contributed by atoms with van der Waals surface area (Å²) in [5.41, 5.74) is 0.324. The fourth-order valence-corrected chi connectivity index (χ4v) is 2.42. The maximum atomic E-state index is 10.7. The van der Waals surface area contributed by atoms with E-state index in [4.69, 9.17) is 9.84 Å². The van der Waals surface area contributed by atoms with Gasteiger partial charge in [-0.25, -0.2) is 0 Å². The van der Waals surface area contributed by atoms with Crippen molar-refractivity contribution in [3.63, 3.8) is 0 Å². The fourth-order valence-electron chi connectivity index (χ4n) is 2.42. The first-order valence-corrected chi connectivity index (χ1v) is 5.26. The summed E-state index contributed by atoms with van der Waals surface area (Å²) >= 11 is 0. The van der Waals surface area contributed by atoms with Crippen LogP contribution in [0.3, 0.4) is 0 Å². The number of rotatable bonds is 1. The Kier molecular flexibility index (Phi) is 2.74. The maximum absolute atomic E-state index is 10.7. The van der Waals surface area contributed by atoms with Crippen LogP contribution in [0.5, 0.6) is 0 Å². The number of nitrogens with one attached hydrogen (secondary N) is 1. The minimum Gasteiger partial charge on any atom is -0.480 e. The zero-order valence-corrected chi connectivity index (χ0v) is 8.29. The third-order valence-corrected chi connectivity index (χ3v) is 3.54. The molecule has 2 aliphatic heterocycles. The SMILES string of the molecule is O=C(O)C1CCC2(CCOCC2)CN1. The highest BCUT2D eigenvalue weighted by atomic mass is 16.5.